The molecule has 20 heavy (non-hydrogen) atoms. The minimum atomic E-state index is -0.351. The van der Waals surface area contributed by atoms with E-state index < -0.39 is 0 Å². The van der Waals surface area contributed by atoms with Crippen molar-refractivity contribution in [2.45, 2.75) is 71.1 Å². The van der Waals surface area contributed by atoms with Crippen LogP contribution in [0.25, 0.3) is 0 Å². The fourth-order valence-corrected chi connectivity index (χ4v) is 2.60. The molecule has 1 aliphatic carbocycles. The van der Waals surface area contributed by atoms with E-state index in [9.17, 15) is 0 Å². The molecule has 0 saturated heterocycles. The van der Waals surface area contributed by atoms with E-state index in [4.69, 9.17) is 9.26 Å². The van der Waals surface area contributed by atoms with Gasteiger partial charge in [-0.05, 0) is 52.4 Å². The maximum atomic E-state index is 5.77. The van der Waals surface area contributed by atoms with E-state index in [1.807, 2.05) is 0 Å². The lowest BCUT2D eigenvalue weighted by atomic mass is 9.79. The molecule has 1 aromatic heterocycles. The highest BCUT2D eigenvalue weighted by Gasteiger charge is 2.40. The molecule has 1 N–H and O–H groups in total. The van der Waals surface area contributed by atoms with Crippen LogP contribution in [0, 0.1) is 5.92 Å². The molecular weight excluding hydrogens is 254 g/mol. The molecule has 1 aliphatic rings. The molecule has 0 spiro atoms. The molecular formula is C15H27N3O2. The molecule has 5 nitrogen and oxygen atoms in total. The van der Waals surface area contributed by atoms with Crippen LogP contribution in [0.5, 0.6) is 0 Å². The van der Waals surface area contributed by atoms with Crippen LogP contribution in [0.1, 0.15) is 65.1 Å². The summed E-state index contributed by atoms with van der Waals surface area (Å²) in [6.45, 7) is 9.22. The summed E-state index contributed by atoms with van der Waals surface area (Å²) in [6.07, 6.45) is 4.24. The van der Waals surface area contributed by atoms with Crippen LogP contribution in [0.3, 0.4) is 0 Å². The topological polar surface area (TPSA) is 60.2 Å². The van der Waals surface area contributed by atoms with Gasteiger partial charge in [0.2, 0.25) is 11.7 Å². The third-order valence-electron chi connectivity index (χ3n) is 4.12. The lowest BCUT2D eigenvalue weighted by Gasteiger charge is -2.35. The van der Waals surface area contributed by atoms with Gasteiger partial charge in [0.1, 0.15) is 5.60 Å². The first-order chi connectivity index (χ1) is 9.35. The molecule has 1 aromatic rings. The van der Waals surface area contributed by atoms with Crippen molar-refractivity contribution in [3.05, 3.63) is 11.7 Å². The number of ether oxygens (including phenoxy) is 1. The predicted octanol–water partition coefficient (Wildman–Crippen LogP) is 3.01. The van der Waals surface area contributed by atoms with Crippen LogP contribution in [0.15, 0.2) is 4.52 Å². The molecule has 0 aliphatic heterocycles. The summed E-state index contributed by atoms with van der Waals surface area (Å²) in [5.41, 5.74) is -0.316. The van der Waals surface area contributed by atoms with Gasteiger partial charge in [0.15, 0.2) is 0 Å². The summed E-state index contributed by atoms with van der Waals surface area (Å²) in [6, 6.07) is 0. The van der Waals surface area contributed by atoms with Crippen LogP contribution in [-0.2, 0) is 16.9 Å². The summed E-state index contributed by atoms with van der Waals surface area (Å²) in [5.74, 6) is 2.09. The quantitative estimate of drug-likeness (QED) is 0.919. The maximum Gasteiger partial charge on any atom is 0.240 e. The first kappa shape index (κ1) is 15.4. The largest absolute Gasteiger partial charge is 0.370 e. The highest BCUT2D eigenvalue weighted by Crippen LogP contribution is 2.40. The Bertz CT molecular complexity index is 429. The Morgan fingerprint density at radius 3 is 2.55 bits per heavy atom. The predicted molar refractivity (Wildman–Crippen MR) is 77.2 cm³/mol. The van der Waals surface area contributed by atoms with Crippen molar-refractivity contribution < 1.29 is 9.26 Å². The first-order valence-corrected chi connectivity index (χ1v) is 7.48. The minimum absolute atomic E-state index is 0.0356. The van der Waals surface area contributed by atoms with Crippen molar-refractivity contribution in [3.63, 3.8) is 0 Å². The Balaban J connectivity index is 2.06. The Labute approximate surface area is 121 Å². The smallest absolute Gasteiger partial charge is 0.240 e. The van der Waals surface area contributed by atoms with Gasteiger partial charge in [-0.25, -0.2) is 0 Å². The Hall–Kier alpha value is -0.940. The van der Waals surface area contributed by atoms with Gasteiger partial charge in [0.05, 0.1) is 6.54 Å². The number of hydrogen-bond donors (Lipinski definition) is 1. The fourth-order valence-electron chi connectivity index (χ4n) is 2.60. The van der Waals surface area contributed by atoms with E-state index >= 15 is 0 Å². The average molecular weight is 281 g/mol. The second kappa shape index (κ2) is 5.82. The van der Waals surface area contributed by atoms with E-state index in [1.165, 1.54) is 0 Å². The van der Waals surface area contributed by atoms with Crippen molar-refractivity contribution >= 4 is 0 Å². The van der Waals surface area contributed by atoms with E-state index in [2.05, 4.69) is 43.2 Å². The molecule has 1 fully saturated rings. The maximum absolute atomic E-state index is 5.77. The van der Waals surface area contributed by atoms with Crippen LogP contribution in [0.2, 0.25) is 0 Å². The molecule has 0 bridgehead atoms. The van der Waals surface area contributed by atoms with E-state index in [0.29, 0.717) is 18.3 Å². The van der Waals surface area contributed by atoms with Crippen LogP contribution < -0.4 is 5.32 Å². The minimum Gasteiger partial charge on any atom is -0.370 e. The van der Waals surface area contributed by atoms with Crippen molar-refractivity contribution in [1.29, 1.82) is 0 Å². The third kappa shape index (κ3) is 3.58. The van der Waals surface area contributed by atoms with E-state index in [-0.39, 0.29) is 11.1 Å². The Morgan fingerprint density at radius 1 is 1.35 bits per heavy atom. The van der Waals surface area contributed by atoms with Crippen LogP contribution in [-0.4, -0.2) is 22.8 Å². The molecule has 0 aromatic carbocycles. The second-order valence-electron chi connectivity index (χ2n) is 7.00. The van der Waals surface area contributed by atoms with Crippen LogP contribution in [0.4, 0.5) is 0 Å². The Kier molecular flexibility index (Phi) is 4.49. The van der Waals surface area contributed by atoms with Gasteiger partial charge in [0.25, 0.3) is 0 Å². The molecule has 0 atom stereocenters. The van der Waals surface area contributed by atoms with E-state index in [1.54, 1.807) is 7.11 Å². The van der Waals surface area contributed by atoms with Gasteiger partial charge in [0, 0.05) is 12.6 Å². The highest BCUT2D eigenvalue weighted by molar-refractivity contribution is 5.04. The van der Waals surface area contributed by atoms with Crippen molar-refractivity contribution in [1.82, 2.24) is 15.5 Å². The van der Waals surface area contributed by atoms with Gasteiger partial charge in [-0.1, -0.05) is 12.1 Å². The lowest BCUT2D eigenvalue weighted by molar-refractivity contribution is -0.0609. The monoisotopic (exact) mass is 281 g/mol. The molecule has 2 rings (SSSR count). The number of aromatic nitrogens is 2. The van der Waals surface area contributed by atoms with Crippen molar-refractivity contribution in [3.8, 4) is 0 Å². The van der Waals surface area contributed by atoms with Crippen LogP contribution >= 0.6 is 0 Å². The first-order valence-electron chi connectivity index (χ1n) is 7.48. The summed E-state index contributed by atoms with van der Waals surface area (Å²) in [4.78, 5) is 4.54. The number of rotatable bonds is 4. The normalized spacial score (nSPS) is 27.8. The van der Waals surface area contributed by atoms with Gasteiger partial charge in [-0.3, -0.25) is 0 Å². The third-order valence-corrected chi connectivity index (χ3v) is 4.12. The fraction of sp³-hybridized carbons (Fsp3) is 0.867. The molecule has 0 unspecified atom stereocenters. The number of nitrogens with one attached hydrogen (secondary N) is 1. The molecule has 0 amide bonds. The highest BCUT2D eigenvalue weighted by atomic mass is 16.5. The zero-order valence-corrected chi connectivity index (χ0v) is 13.3. The SMILES string of the molecule is COC1(c2noc(CNC(C)(C)C)n2)CCC(C)CC1. The van der Waals surface area contributed by atoms with Gasteiger partial charge in [-0.15, -0.1) is 0 Å². The van der Waals surface area contributed by atoms with Crippen molar-refractivity contribution in [2.24, 2.45) is 5.92 Å². The number of nitrogens with zero attached hydrogens (tertiary/aromatic N) is 2. The lowest BCUT2D eigenvalue weighted by Crippen LogP contribution is -2.36. The molecule has 0 radical (unpaired) electrons. The summed E-state index contributed by atoms with van der Waals surface area (Å²) >= 11 is 0. The zero-order chi connectivity index (χ0) is 14.8. The van der Waals surface area contributed by atoms with Gasteiger partial charge >= 0.3 is 0 Å². The number of hydrogen-bond acceptors (Lipinski definition) is 5. The average Bonchev–Trinajstić information content (AvgIpc) is 2.86. The molecule has 1 saturated carbocycles. The van der Waals surface area contributed by atoms with Gasteiger partial charge < -0.3 is 14.6 Å². The zero-order valence-electron chi connectivity index (χ0n) is 13.3. The Morgan fingerprint density at radius 2 is 2.00 bits per heavy atom. The second-order valence-corrected chi connectivity index (χ2v) is 7.00. The van der Waals surface area contributed by atoms with E-state index in [0.717, 1.165) is 31.6 Å². The molecule has 1 heterocycles. The summed E-state index contributed by atoms with van der Waals surface area (Å²) in [5, 5.41) is 7.51. The van der Waals surface area contributed by atoms with Gasteiger partial charge in [-0.2, -0.15) is 4.98 Å². The molecule has 114 valence electrons. The standard InChI is InChI=1S/C15H27N3O2/c1-11-6-8-15(19-5,9-7-11)13-17-12(20-18-13)10-16-14(2,3)4/h11,16H,6-10H2,1-5H3. The number of methoxy groups -OCH3 is 1. The molecule has 5 heteroatoms. The summed E-state index contributed by atoms with van der Waals surface area (Å²) < 4.78 is 11.1. The summed E-state index contributed by atoms with van der Waals surface area (Å²) in [7, 11) is 1.75. The van der Waals surface area contributed by atoms with Crippen molar-refractivity contribution in [2.75, 3.05) is 7.11 Å².